The molecule has 1 aliphatic carbocycles. The maximum atomic E-state index is 8.62. The van der Waals surface area contributed by atoms with E-state index in [1.807, 2.05) is 24.3 Å². The fourth-order valence-corrected chi connectivity index (χ4v) is 3.05. The number of oxime groups is 1. The number of hydrogen-bond donors (Lipinski definition) is 2. The fraction of sp³-hybridized carbons (Fsp3) is 0.562. The Morgan fingerprint density at radius 3 is 2.35 bits per heavy atom. The maximum Gasteiger partial charge on any atom is 0.170 e. The van der Waals surface area contributed by atoms with E-state index in [1.54, 1.807) is 0 Å². The lowest BCUT2D eigenvalue weighted by atomic mass is 9.82. The Bertz CT molecular complexity index is 446. The SMILES string of the molecule is CC1CC(C)CC(OCc2ccc(C(N)=NO)cc2)C1. The van der Waals surface area contributed by atoms with Gasteiger partial charge in [0.15, 0.2) is 5.84 Å². The van der Waals surface area contributed by atoms with E-state index in [-0.39, 0.29) is 5.84 Å². The molecular formula is C16H24N2O2. The first-order valence-electron chi connectivity index (χ1n) is 7.27. The number of hydrogen-bond acceptors (Lipinski definition) is 3. The molecule has 110 valence electrons. The van der Waals surface area contributed by atoms with Gasteiger partial charge in [-0.2, -0.15) is 0 Å². The lowest BCUT2D eigenvalue weighted by molar-refractivity contribution is -0.00915. The quantitative estimate of drug-likeness (QED) is 0.384. The maximum absolute atomic E-state index is 8.62. The summed E-state index contributed by atoms with van der Waals surface area (Å²) < 4.78 is 6.03. The lowest BCUT2D eigenvalue weighted by Gasteiger charge is -2.31. The van der Waals surface area contributed by atoms with E-state index in [1.165, 1.54) is 6.42 Å². The van der Waals surface area contributed by atoms with Crippen molar-refractivity contribution >= 4 is 5.84 Å². The number of ether oxygens (including phenoxy) is 1. The Morgan fingerprint density at radius 2 is 1.80 bits per heavy atom. The van der Waals surface area contributed by atoms with Crippen molar-refractivity contribution in [3.05, 3.63) is 35.4 Å². The lowest BCUT2D eigenvalue weighted by Crippen LogP contribution is -2.26. The van der Waals surface area contributed by atoms with Crippen LogP contribution < -0.4 is 5.73 Å². The van der Waals surface area contributed by atoms with Crippen molar-refractivity contribution in [3.63, 3.8) is 0 Å². The molecule has 1 aromatic rings. The van der Waals surface area contributed by atoms with Gasteiger partial charge in [0.25, 0.3) is 0 Å². The zero-order valence-corrected chi connectivity index (χ0v) is 12.2. The van der Waals surface area contributed by atoms with Crippen molar-refractivity contribution in [2.75, 3.05) is 0 Å². The molecule has 0 spiro atoms. The first-order chi connectivity index (χ1) is 9.58. The molecule has 0 saturated heterocycles. The van der Waals surface area contributed by atoms with Gasteiger partial charge in [0.2, 0.25) is 0 Å². The van der Waals surface area contributed by atoms with Gasteiger partial charge in [0.05, 0.1) is 12.7 Å². The van der Waals surface area contributed by atoms with Gasteiger partial charge in [-0.25, -0.2) is 0 Å². The van der Waals surface area contributed by atoms with Crippen LogP contribution in [0.25, 0.3) is 0 Å². The van der Waals surface area contributed by atoms with E-state index in [0.29, 0.717) is 12.7 Å². The number of nitrogens with two attached hydrogens (primary N) is 1. The second kappa shape index (κ2) is 6.75. The molecule has 4 nitrogen and oxygen atoms in total. The number of nitrogens with zero attached hydrogens (tertiary/aromatic N) is 1. The second-order valence-electron chi connectivity index (χ2n) is 6.03. The Morgan fingerprint density at radius 1 is 1.20 bits per heavy atom. The molecule has 1 aliphatic rings. The molecule has 0 bridgehead atoms. The standard InChI is InChI=1S/C16H24N2O2/c1-11-7-12(2)9-15(8-11)20-10-13-3-5-14(6-4-13)16(17)18-19/h3-6,11-12,15,19H,7-10H2,1-2H3,(H2,17,18). The van der Waals surface area contributed by atoms with E-state index >= 15 is 0 Å². The van der Waals surface area contributed by atoms with Gasteiger partial charge in [-0.05, 0) is 36.7 Å². The fourth-order valence-electron chi connectivity index (χ4n) is 3.05. The Balaban J connectivity index is 1.88. The zero-order chi connectivity index (χ0) is 14.5. The van der Waals surface area contributed by atoms with Crippen LogP contribution >= 0.6 is 0 Å². The van der Waals surface area contributed by atoms with Crippen molar-refractivity contribution in [2.45, 2.75) is 45.8 Å². The molecule has 20 heavy (non-hydrogen) atoms. The highest BCUT2D eigenvalue weighted by atomic mass is 16.5. The van der Waals surface area contributed by atoms with Crippen molar-refractivity contribution in [1.82, 2.24) is 0 Å². The number of amidine groups is 1. The van der Waals surface area contributed by atoms with Crippen LogP contribution in [0.4, 0.5) is 0 Å². The van der Waals surface area contributed by atoms with Gasteiger partial charge < -0.3 is 15.7 Å². The number of rotatable bonds is 4. The van der Waals surface area contributed by atoms with E-state index in [9.17, 15) is 0 Å². The van der Waals surface area contributed by atoms with Crippen LogP contribution in [0.5, 0.6) is 0 Å². The third-order valence-corrected chi connectivity index (χ3v) is 3.98. The third-order valence-electron chi connectivity index (χ3n) is 3.98. The zero-order valence-electron chi connectivity index (χ0n) is 12.2. The molecule has 0 radical (unpaired) electrons. The summed E-state index contributed by atoms with van der Waals surface area (Å²) in [6.07, 6.45) is 4.01. The molecule has 3 N–H and O–H groups in total. The average molecular weight is 276 g/mol. The molecule has 2 atom stereocenters. The number of benzene rings is 1. The van der Waals surface area contributed by atoms with Crippen molar-refractivity contribution < 1.29 is 9.94 Å². The summed E-state index contributed by atoms with van der Waals surface area (Å²) in [5, 5.41) is 11.6. The van der Waals surface area contributed by atoms with Crippen LogP contribution in [0.1, 0.15) is 44.2 Å². The molecule has 2 rings (SSSR count). The minimum absolute atomic E-state index is 0.132. The Hall–Kier alpha value is -1.55. The molecule has 4 heteroatoms. The first-order valence-corrected chi connectivity index (χ1v) is 7.27. The molecule has 1 saturated carbocycles. The summed E-state index contributed by atoms with van der Waals surface area (Å²) in [6, 6.07) is 7.62. The van der Waals surface area contributed by atoms with Crippen LogP contribution in [-0.2, 0) is 11.3 Å². The highest BCUT2D eigenvalue weighted by Crippen LogP contribution is 2.30. The highest BCUT2D eigenvalue weighted by molar-refractivity contribution is 5.96. The van der Waals surface area contributed by atoms with Crippen LogP contribution in [0, 0.1) is 11.8 Å². The van der Waals surface area contributed by atoms with Crippen LogP contribution in [0.15, 0.2) is 29.4 Å². The van der Waals surface area contributed by atoms with Gasteiger partial charge in [0.1, 0.15) is 0 Å². The van der Waals surface area contributed by atoms with Crippen molar-refractivity contribution in [3.8, 4) is 0 Å². The third kappa shape index (κ3) is 3.97. The molecule has 2 unspecified atom stereocenters. The van der Waals surface area contributed by atoms with Crippen molar-refractivity contribution in [1.29, 1.82) is 0 Å². The first kappa shape index (κ1) is 14.9. The highest BCUT2D eigenvalue weighted by Gasteiger charge is 2.24. The predicted octanol–water partition coefficient (Wildman–Crippen LogP) is 3.12. The van der Waals surface area contributed by atoms with Gasteiger partial charge in [-0.3, -0.25) is 0 Å². The van der Waals surface area contributed by atoms with Gasteiger partial charge in [-0.1, -0.05) is 43.3 Å². The molecule has 1 aromatic carbocycles. The topological polar surface area (TPSA) is 67.8 Å². The predicted molar refractivity (Wildman–Crippen MR) is 79.7 cm³/mol. The molecular weight excluding hydrogens is 252 g/mol. The van der Waals surface area contributed by atoms with E-state index in [4.69, 9.17) is 15.7 Å². The monoisotopic (exact) mass is 276 g/mol. The Labute approximate surface area is 120 Å². The summed E-state index contributed by atoms with van der Waals surface area (Å²) in [4.78, 5) is 0. The van der Waals surface area contributed by atoms with Gasteiger partial charge >= 0.3 is 0 Å². The molecule has 0 aromatic heterocycles. The van der Waals surface area contributed by atoms with Gasteiger partial charge in [0, 0.05) is 5.56 Å². The van der Waals surface area contributed by atoms with Gasteiger partial charge in [-0.15, -0.1) is 0 Å². The molecule has 1 fully saturated rings. The minimum atomic E-state index is 0.132. The van der Waals surface area contributed by atoms with E-state index in [2.05, 4.69) is 19.0 Å². The summed E-state index contributed by atoms with van der Waals surface area (Å²) in [7, 11) is 0. The Kier molecular flexibility index (Phi) is 5.01. The van der Waals surface area contributed by atoms with Crippen molar-refractivity contribution in [2.24, 2.45) is 22.7 Å². The molecule has 0 heterocycles. The molecule has 0 amide bonds. The van der Waals surface area contributed by atoms with E-state index in [0.717, 1.165) is 35.8 Å². The smallest absolute Gasteiger partial charge is 0.170 e. The summed E-state index contributed by atoms with van der Waals surface area (Å²) >= 11 is 0. The summed E-state index contributed by atoms with van der Waals surface area (Å²) in [5.41, 5.74) is 7.37. The average Bonchev–Trinajstić information content (AvgIpc) is 2.44. The molecule has 0 aliphatic heterocycles. The van der Waals surface area contributed by atoms with Crippen LogP contribution in [0.2, 0.25) is 0 Å². The second-order valence-corrected chi connectivity index (χ2v) is 6.03. The largest absolute Gasteiger partial charge is 0.409 e. The summed E-state index contributed by atoms with van der Waals surface area (Å²) in [6.45, 7) is 5.23. The minimum Gasteiger partial charge on any atom is -0.409 e. The van der Waals surface area contributed by atoms with Crippen LogP contribution in [0.3, 0.4) is 0 Å². The van der Waals surface area contributed by atoms with Crippen LogP contribution in [-0.4, -0.2) is 17.1 Å². The van der Waals surface area contributed by atoms with E-state index < -0.39 is 0 Å². The summed E-state index contributed by atoms with van der Waals surface area (Å²) in [5.74, 6) is 1.64. The normalized spacial score (nSPS) is 27.5.